The second kappa shape index (κ2) is 7.05. The minimum Gasteiger partial charge on any atom is -0.378 e. The van der Waals surface area contributed by atoms with Crippen LogP contribution < -0.4 is 0 Å². The van der Waals surface area contributed by atoms with E-state index in [2.05, 4.69) is 0 Å². The van der Waals surface area contributed by atoms with Gasteiger partial charge >= 0.3 is 0 Å². The molecule has 0 bridgehead atoms. The zero-order chi connectivity index (χ0) is 15.5. The molecule has 7 heteroatoms. The number of hydrogen-bond acceptors (Lipinski definition) is 3. The maximum atomic E-state index is 14.0. The number of ether oxygens (including phenoxy) is 1. The monoisotopic (exact) mass is 335 g/mol. The lowest BCUT2D eigenvalue weighted by Crippen LogP contribution is -2.41. The molecule has 0 unspecified atom stereocenters. The van der Waals surface area contributed by atoms with E-state index in [1.165, 1.54) is 22.5 Å². The molecule has 0 atom stereocenters. The van der Waals surface area contributed by atoms with Crippen LogP contribution in [0.3, 0.4) is 0 Å². The number of sulfonamides is 1. The first kappa shape index (κ1) is 16.7. The molecule has 0 radical (unpaired) electrons. The van der Waals surface area contributed by atoms with Crippen molar-refractivity contribution in [2.24, 2.45) is 0 Å². The first-order chi connectivity index (χ1) is 9.98. The van der Waals surface area contributed by atoms with Crippen LogP contribution in [0.1, 0.15) is 25.3 Å². The molecule has 1 aromatic rings. The Kier molecular flexibility index (Phi) is 5.60. The molecule has 1 fully saturated rings. The Morgan fingerprint density at radius 3 is 2.57 bits per heavy atom. The quantitative estimate of drug-likeness (QED) is 0.777. The molecular weight excluding hydrogens is 317 g/mol. The van der Waals surface area contributed by atoms with E-state index in [-0.39, 0.29) is 16.9 Å². The lowest BCUT2D eigenvalue weighted by Gasteiger charge is -2.31. The number of halogens is 2. The first-order valence-corrected chi connectivity index (χ1v) is 8.92. The van der Waals surface area contributed by atoms with E-state index in [1.54, 1.807) is 0 Å². The van der Waals surface area contributed by atoms with Crippen LogP contribution in [-0.4, -0.2) is 38.5 Å². The predicted molar refractivity (Wildman–Crippen MR) is 79.4 cm³/mol. The average Bonchev–Trinajstić information content (AvgIpc) is 2.47. The van der Waals surface area contributed by atoms with Gasteiger partial charge in [-0.05, 0) is 37.5 Å². The average molecular weight is 336 g/mol. The van der Waals surface area contributed by atoms with Crippen LogP contribution in [0.15, 0.2) is 23.1 Å². The zero-order valence-electron chi connectivity index (χ0n) is 11.9. The van der Waals surface area contributed by atoms with Crippen molar-refractivity contribution >= 4 is 21.6 Å². The van der Waals surface area contributed by atoms with E-state index in [9.17, 15) is 12.8 Å². The van der Waals surface area contributed by atoms with Crippen LogP contribution in [0, 0.1) is 5.82 Å². The van der Waals surface area contributed by atoms with E-state index >= 15 is 0 Å². The summed E-state index contributed by atoms with van der Waals surface area (Å²) in [5.74, 6) is -0.600. The molecule has 0 N–H and O–H groups in total. The zero-order valence-corrected chi connectivity index (χ0v) is 13.5. The van der Waals surface area contributed by atoms with Gasteiger partial charge in [0.1, 0.15) is 10.7 Å². The third-order valence-electron chi connectivity index (χ3n) is 3.57. The van der Waals surface area contributed by atoms with E-state index in [0.29, 0.717) is 38.1 Å². The van der Waals surface area contributed by atoms with E-state index in [0.717, 1.165) is 0 Å². The maximum absolute atomic E-state index is 14.0. The Hall–Kier alpha value is -0.690. The summed E-state index contributed by atoms with van der Waals surface area (Å²) in [6, 6.07) is 4.00. The summed E-state index contributed by atoms with van der Waals surface area (Å²) in [4.78, 5) is -0.286. The Morgan fingerprint density at radius 2 is 2.05 bits per heavy atom. The molecule has 21 heavy (non-hydrogen) atoms. The molecule has 1 heterocycles. The lowest BCUT2D eigenvalue weighted by atomic mass is 10.1. The predicted octanol–water partition coefficient (Wildman–Crippen LogP) is 2.75. The van der Waals surface area contributed by atoms with Crippen LogP contribution >= 0.6 is 11.6 Å². The third kappa shape index (κ3) is 3.74. The summed E-state index contributed by atoms with van der Waals surface area (Å²) in [6.07, 6.45) is 1.35. The van der Waals surface area contributed by atoms with Gasteiger partial charge < -0.3 is 4.74 Å². The number of alkyl halides is 1. The van der Waals surface area contributed by atoms with Crippen LogP contribution in [0.5, 0.6) is 0 Å². The first-order valence-electron chi connectivity index (χ1n) is 6.95. The van der Waals surface area contributed by atoms with Crippen LogP contribution in [0.4, 0.5) is 4.39 Å². The molecule has 0 aliphatic carbocycles. The van der Waals surface area contributed by atoms with Crippen LogP contribution in [0.25, 0.3) is 0 Å². The normalized spacial score (nSPS) is 18.0. The van der Waals surface area contributed by atoms with Crippen molar-refractivity contribution in [2.75, 3.05) is 19.7 Å². The molecule has 118 valence electrons. The van der Waals surface area contributed by atoms with Crippen molar-refractivity contribution in [3.63, 3.8) is 0 Å². The van der Waals surface area contributed by atoms with E-state index in [4.69, 9.17) is 16.3 Å². The highest BCUT2D eigenvalue weighted by Gasteiger charge is 2.31. The van der Waals surface area contributed by atoms with Gasteiger partial charge in [-0.15, -0.1) is 11.6 Å². The summed E-state index contributed by atoms with van der Waals surface area (Å²) in [7, 11) is -3.80. The highest BCUT2D eigenvalue weighted by molar-refractivity contribution is 7.89. The second-order valence-electron chi connectivity index (χ2n) is 4.96. The number of nitrogens with zero attached hydrogens (tertiary/aromatic N) is 1. The van der Waals surface area contributed by atoms with Crippen LogP contribution in [-0.2, 0) is 20.6 Å². The number of piperidine rings is 1. The summed E-state index contributed by atoms with van der Waals surface area (Å²) in [5.41, 5.74) is 0.558. The molecule has 0 saturated carbocycles. The molecule has 2 rings (SSSR count). The smallest absolute Gasteiger partial charge is 0.245 e. The van der Waals surface area contributed by atoms with E-state index in [1.807, 2.05) is 6.92 Å². The Bertz CT molecular complexity index is 586. The summed E-state index contributed by atoms with van der Waals surface area (Å²) in [6.45, 7) is 3.23. The number of benzene rings is 1. The highest BCUT2D eigenvalue weighted by Crippen LogP contribution is 2.25. The van der Waals surface area contributed by atoms with E-state index < -0.39 is 15.8 Å². The Morgan fingerprint density at radius 1 is 1.38 bits per heavy atom. The fourth-order valence-electron chi connectivity index (χ4n) is 2.45. The molecule has 0 amide bonds. The molecule has 1 aromatic carbocycles. The van der Waals surface area contributed by atoms with Crippen molar-refractivity contribution in [1.29, 1.82) is 0 Å². The molecule has 1 aliphatic heterocycles. The Balaban J connectivity index is 2.16. The third-order valence-corrected chi connectivity index (χ3v) is 5.81. The van der Waals surface area contributed by atoms with Crippen molar-refractivity contribution in [1.82, 2.24) is 4.31 Å². The van der Waals surface area contributed by atoms with Gasteiger partial charge in [0, 0.05) is 25.6 Å². The molecular formula is C14H19ClFNO3S. The standard InChI is InChI=1S/C14H19ClFNO3S/c1-2-20-12-5-7-17(8-6-12)21(18,19)14-4-3-11(10-15)9-13(14)16/h3-4,9,12H,2,5-8,10H2,1H3. The van der Waals surface area contributed by atoms with Gasteiger partial charge in [0.05, 0.1) is 6.10 Å². The maximum Gasteiger partial charge on any atom is 0.245 e. The molecule has 4 nitrogen and oxygen atoms in total. The van der Waals surface area contributed by atoms with Gasteiger partial charge in [-0.2, -0.15) is 4.31 Å². The summed E-state index contributed by atoms with van der Waals surface area (Å²) >= 11 is 5.62. The fourth-order valence-corrected chi connectivity index (χ4v) is 4.13. The van der Waals surface area contributed by atoms with Gasteiger partial charge in [-0.3, -0.25) is 0 Å². The number of rotatable bonds is 5. The minimum absolute atomic E-state index is 0.0879. The number of hydrogen-bond donors (Lipinski definition) is 0. The topological polar surface area (TPSA) is 46.6 Å². The molecule has 0 aromatic heterocycles. The van der Waals surface area contributed by atoms with Crippen LogP contribution in [0.2, 0.25) is 0 Å². The van der Waals surface area contributed by atoms with Gasteiger partial charge in [0.15, 0.2) is 0 Å². The van der Waals surface area contributed by atoms with Crippen molar-refractivity contribution in [3.05, 3.63) is 29.6 Å². The van der Waals surface area contributed by atoms with Crippen molar-refractivity contribution in [3.8, 4) is 0 Å². The molecule has 1 aliphatic rings. The van der Waals surface area contributed by atoms with Gasteiger partial charge in [0.2, 0.25) is 10.0 Å². The van der Waals surface area contributed by atoms with Gasteiger partial charge in [0.25, 0.3) is 0 Å². The Labute approximate surface area is 129 Å². The summed E-state index contributed by atoms with van der Waals surface area (Å²) < 4.78 is 45.8. The van der Waals surface area contributed by atoms with Gasteiger partial charge in [-0.1, -0.05) is 6.07 Å². The minimum atomic E-state index is -3.80. The highest BCUT2D eigenvalue weighted by atomic mass is 35.5. The van der Waals surface area contributed by atoms with Crippen molar-refractivity contribution in [2.45, 2.75) is 36.6 Å². The largest absolute Gasteiger partial charge is 0.378 e. The SMILES string of the molecule is CCOC1CCN(S(=O)(=O)c2ccc(CCl)cc2F)CC1. The molecule has 1 saturated heterocycles. The molecule has 0 spiro atoms. The second-order valence-corrected chi connectivity index (χ2v) is 7.13. The van der Waals surface area contributed by atoms with Gasteiger partial charge in [-0.25, -0.2) is 12.8 Å². The summed E-state index contributed by atoms with van der Waals surface area (Å²) in [5, 5.41) is 0. The fraction of sp³-hybridized carbons (Fsp3) is 0.571. The lowest BCUT2D eigenvalue weighted by molar-refractivity contribution is 0.0290. The van der Waals surface area contributed by atoms with Crippen molar-refractivity contribution < 1.29 is 17.5 Å².